The molecule has 0 aliphatic carbocycles. The van der Waals surface area contributed by atoms with Gasteiger partial charge in [-0.25, -0.2) is 9.50 Å². The van der Waals surface area contributed by atoms with Crippen molar-refractivity contribution in [2.75, 3.05) is 0 Å². The summed E-state index contributed by atoms with van der Waals surface area (Å²) < 4.78 is 2.88. The fraction of sp³-hybridized carbons (Fsp3) is 0.0909. The lowest BCUT2D eigenvalue weighted by Gasteiger charge is -1.98. The molecule has 0 unspecified atom stereocenters. The molecule has 2 aromatic heterocycles. The summed E-state index contributed by atoms with van der Waals surface area (Å²) in [7, 11) is 0. The Balaban J connectivity index is 2.19. The summed E-state index contributed by atoms with van der Waals surface area (Å²) in [5.41, 5.74) is 2.05. The van der Waals surface area contributed by atoms with E-state index in [9.17, 15) is 0 Å². The smallest absolute Gasteiger partial charge is 0.212 e. The van der Waals surface area contributed by atoms with Gasteiger partial charge in [0.05, 0.1) is 11.9 Å². The molecule has 0 fully saturated rings. The summed E-state index contributed by atoms with van der Waals surface area (Å²) in [6.45, 7) is 1.98. The second-order valence-electron chi connectivity index (χ2n) is 3.45. The van der Waals surface area contributed by atoms with Crippen molar-refractivity contribution in [3.05, 3.63) is 39.9 Å². The first-order valence-electron chi connectivity index (χ1n) is 4.82. The highest BCUT2D eigenvalue weighted by molar-refractivity contribution is 9.10. The molecule has 3 rings (SSSR count). The Hall–Kier alpha value is -1.20. The molecule has 0 amide bonds. The molecule has 2 heterocycles. The van der Waals surface area contributed by atoms with Crippen molar-refractivity contribution in [3.63, 3.8) is 0 Å². The SMILES string of the molecule is Cc1nn2cc(-c3ccccc3Br)nc2s1. The van der Waals surface area contributed by atoms with Crippen molar-refractivity contribution in [1.82, 2.24) is 14.6 Å². The van der Waals surface area contributed by atoms with Gasteiger partial charge in [-0.05, 0) is 13.0 Å². The van der Waals surface area contributed by atoms with E-state index < -0.39 is 0 Å². The molecule has 0 saturated heterocycles. The minimum atomic E-state index is 0.934. The molecule has 5 heteroatoms. The zero-order valence-electron chi connectivity index (χ0n) is 8.51. The maximum absolute atomic E-state index is 4.55. The largest absolute Gasteiger partial charge is 0.217 e. The number of aromatic nitrogens is 3. The number of imidazole rings is 1. The van der Waals surface area contributed by atoms with E-state index in [1.807, 2.05) is 41.9 Å². The Kier molecular flexibility index (Phi) is 2.29. The van der Waals surface area contributed by atoms with Crippen molar-refractivity contribution in [3.8, 4) is 11.3 Å². The van der Waals surface area contributed by atoms with Crippen LogP contribution >= 0.6 is 27.3 Å². The van der Waals surface area contributed by atoms with Gasteiger partial charge in [0.1, 0.15) is 5.01 Å². The number of halogens is 1. The predicted molar refractivity (Wildman–Crippen MR) is 68.7 cm³/mol. The highest BCUT2D eigenvalue weighted by atomic mass is 79.9. The molecule has 0 atom stereocenters. The van der Waals surface area contributed by atoms with Gasteiger partial charge in [-0.3, -0.25) is 0 Å². The van der Waals surface area contributed by atoms with E-state index >= 15 is 0 Å². The number of fused-ring (bicyclic) bond motifs is 1. The van der Waals surface area contributed by atoms with Gasteiger partial charge in [-0.2, -0.15) is 5.10 Å². The normalized spacial score (nSPS) is 11.1. The van der Waals surface area contributed by atoms with Crippen LogP contribution in [-0.4, -0.2) is 14.6 Å². The maximum atomic E-state index is 4.55. The van der Waals surface area contributed by atoms with Crippen LogP contribution in [0.4, 0.5) is 0 Å². The van der Waals surface area contributed by atoms with E-state index in [1.165, 1.54) is 0 Å². The summed E-state index contributed by atoms with van der Waals surface area (Å²) in [4.78, 5) is 5.49. The van der Waals surface area contributed by atoms with Gasteiger partial charge in [0.15, 0.2) is 0 Å². The van der Waals surface area contributed by atoms with E-state index in [0.717, 1.165) is 25.7 Å². The molecular formula is C11H8BrN3S. The summed E-state index contributed by atoms with van der Waals surface area (Å²) in [5, 5.41) is 5.38. The molecule has 0 radical (unpaired) electrons. The van der Waals surface area contributed by atoms with Gasteiger partial charge >= 0.3 is 0 Å². The van der Waals surface area contributed by atoms with Gasteiger partial charge < -0.3 is 0 Å². The van der Waals surface area contributed by atoms with Gasteiger partial charge in [0, 0.05) is 10.0 Å². The van der Waals surface area contributed by atoms with Crippen LogP contribution in [0.15, 0.2) is 34.9 Å². The summed E-state index contributed by atoms with van der Waals surface area (Å²) in [6, 6.07) is 8.06. The quantitative estimate of drug-likeness (QED) is 0.687. The van der Waals surface area contributed by atoms with Gasteiger partial charge in [0.25, 0.3) is 0 Å². The van der Waals surface area contributed by atoms with E-state index in [-0.39, 0.29) is 0 Å². The molecule has 3 nitrogen and oxygen atoms in total. The van der Waals surface area contributed by atoms with Crippen LogP contribution in [0, 0.1) is 6.92 Å². The molecule has 0 aliphatic heterocycles. The van der Waals surface area contributed by atoms with Gasteiger partial charge in [0.2, 0.25) is 4.96 Å². The van der Waals surface area contributed by atoms with Crippen LogP contribution in [0.1, 0.15) is 5.01 Å². The molecule has 3 aromatic rings. The highest BCUT2D eigenvalue weighted by Gasteiger charge is 2.09. The first-order chi connectivity index (χ1) is 7.74. The molecule has 0 bridgehead atoms. The summed E-state index contributed by atoms with van der Waals surface area (Å²) in [5.74, 6) is 0. The van der Waals surface area contributed by atoms with Crippen molar-refractivity contribution < 1.29 is 0 Å². The van der Waals surface area contributed by atoms with E-state index in [1.54, 1.807) is 11.3 Å². The Labute approximate surface area is 105 Å². The lowest BCUT2D eigenvalue weighted by Crippen LogP contribution is -1.81. The lowest BCUT2D eigenvalue weighted by molar-refractivity contribution is 0.946. The third-order valence-corrected chi connectivity index (χ3v) is 3.82. The standard InChI is InChI=1S/C11H8BrN3S/c1-7-14-15-6-10(13-11(15)16-7)8-4-2-3-5-9(8)12/h2-6H,1H3. The van der Waals surface area contributed by atoms with Crippen molar-refractivity contribution in [2.45, 2.75) is 6.92 Å². The second kappa shape index (κ2) is 3.68. The third-order valence-electron chi connectivity index (χ3n) is 2.29. The maximum Gasteiger partial charge on any atom is 0.212 e. The highest BCUT2D eigenvalue weighted by Crippen LogP contribution is 2.28. The van der Waals surface area contributed by atoms with Crippen LogP contribution in [0.3, 0.4) is 0 Å². The number of hydrogen-bond donors (Lipinski definition) is 0. The molecule has 16 heavy (non-hydrogen) atoms. The Bertz CT molecular complexity index is 625. The Morgan fingerprint density at radius 1 is 1.31 bits per heavy atom. The average molecular weight is 294 g/mol. The fourth-order valence-corrected chi connectivity index (χ4v) is 2.81. The lowest BCUT2D eigenvalue weighted by atomic mass is 10.2. The molecule has 0 saturated carbocycles. The average Bonchev–Trinajstić information content (AvgIpc) is 2.75. The molecule has 0 N–H and O–H groups in total. The summed E-state index contributed by atoms with van der Waals surface area (Å²) >= 11 is 5.13. The first kappa shape index (κ1) is 9.99. The topological polar surface area (TPSA) is 30.2 Å². The van der Waals surface area contributed by atoms with Crippen LogP contribution in [0.2, 0.25) is 0 Å². The number of benzene rings is 1. The minimum Gasteiger partial charge on any atom is -0.217 e. The van der Waals surface area contributed by atoms with Crippen LogP contribution in [0.25, 0.3) is 16.2 Å². The zero-order valence-corrected chi connectivity index (χ0v) is 10.9. The molecular weight excluding hydrogens is 286 g/mol. The second-order valence-corrected chi connectivity index (χ2v) is 5.47. The molecule has 1 aromatic carbocycles. The van der Waals surface area contributed by atoms with Gasteiger partial charge in [-0.1, -0.05) is 45.5 Å². The van der Waals surface area contributed by atoms with Crippen molar-refractivity contribution >= 4 is 32.2 Å². The minimum absolute atomic E-state index is 0.934. The number of nitrogens with zero attached hydrogens (tertiary/aromatic N) is 3. The third kappa shape index (κ3) is 1.56. The number of rotatable bonds is 1. The van der Waals surface area contributed by atoms with Crippen LogP contribution in [0.5, 0.6) is 0 Å². The van der Waals surface area contributed by atoms with Gasteiger partial charge in [-0.15, -0.1) is 0 Å². The van der Waals surface area contributed by atoms with E-state index in [2.05, 4.69) is 26.0 Å². The van der Waals surface area contributed by atoms with Crippen LogP contribution in [-0.2, 0) is 0 Å². The Morgan fingerprint density at radius 2 is 2.12 bits per heavy atom. The first-order valence-corrected chi connectivity index (χ1v) is 6.43. The summed E-state index contributed by atoms with van der Waals surface area (Å²) in [6.07, 6.45) is 1.96. The van der Waals surface area contributed by atoms with E-state index in [4.69, 9.17) is 0 Å². The Morgan fingerprint density at radius 3 is 2.88 bits per heavy atom. The number of hydrogen-bond acceptors (Lipinski definition) is 3. The van der Waals surface area contributed by atoms with Crippen molar-refractivity contribution in [2.24, 2.45) is 0 Å². The van der Waals surface area contributed by atoms with E-state index in [0.29, 0.717) is 0 Å². The monoisotopic (exact) mass is 293 g/mol. The molecule has 0 spiro atoms. The zero-order chi connectivity index (χ0) is 11.1. The van der Waals surface area contributed by atoms with Crippen molar-refractivity contribution in [1.29, 1.82) is 0 Å². The fourth-order valence-electron chi connectivity index (χ4n) is 1.60. The number of aryl methyl sites for hydroxylation is 1. The van der Waals surface area contributed by atoms with Crippen LogP contribution < -0.4 is 0 Å². The molecule has 80 valence electrons. The molecule has 0 aliphatic rings. The predicted octanol–water partition coefficient (Wildman–Crippen LogP) is 3.53.